The summed E-state index contributed by atoms with van der Waals surface area (Å²) in [7, 11) is 1.78. The van der Waals surface area contributed by atoms with Crippen molar-refractivity contribution in [1.29, 1.82) is 0 Å². The van der Waals surface area contributed by atoms with E-state index in [9.17, 15) is 4.79 Å². The zero-order chi connectivity index (χ0) is 22.6. The van der Waals surface area contributed by atoms with E-state index in [1.807, 2.05) is 37.3 Å². The molecule has 7 nitrogen and oxygen atoms in total. The molecule has 1 amide bonds. The van der Waals surface area contributed by atoms with Crippen molar-refractivity contribution in [2.24, 2.45) is 4.99 Å². The molecule has 1 aliphatic rings. The summed E-state index contributed by atoms with van der Waals surface area (Å²) in [6.45, 7) is 5.43. The van der Waals surface area contributed by atoms with E-state index in [0.29, 0.717) is 39.5 Å². The third-order valence-electron chi connectivity index (χ3n) is 5.52. The Balaban J connectivity index is 1.45. The molecule has 0 unspecified atom stereocenters. The van der Waals surface area contributed by atoms with Gasteiger partial charge < -0.3 is 25.0 Å². The minimum atomic E-state index is -0.223. The highest BCUT2D eigenvalue weighted by molar-refractivity contribution is 5.80. The van der Waals surface area contributed by atoms with Crippen molar-refractivity contribution < 1.29 is 14.3 Å². The fourth-order valence-corrected chi connectivity index (χ4v) is 3.71. The van der Waals surface area contributed by atoms with Crippen LogP contribution in [0.1, 0.15) is 36.5 Å². The number of nitrogens with one attached hydrogen (secondary N) is 2. The Morgan fingerprint density at radius 3 is 2.41 bits per heavy atom. The van der Waals surface area contributed by atoms with Crippen molar-refractivity contribution in [3.63, 3.8) is 0 Å². The highest BCUT2D eigenvalue weighted by atomic mass is 16.6. The van der Waals surface area contributed by atoms with Gasteiger partial charge in [0, 0.05) is 32.7 Å². The molecule has 0 aromatic heterocycles. The van der Waals surface area contributed by atoms with Crippen molar-refractivity contribution in [3.8, 4) is 0 Å². The van der Waals surface area contributed by atoms with Crippen LogP contribution >= 0.6 is 0 Å². The quantitative estimate of drug-likeness (QED) is 0.486. The number of guanidine groups is 1. The lowest BCUT2D eigenvalue weighted by Crippen LogP contribution is -2.49. The minimum absolute atomic E-state index is 0.223. The molecule has 172 valence electrons. The molecule has 2 aromatic rings. The zero-order valence-electron chi connectivity index (χ0n) is 19.0. The number of aliphatic imine (C=N–C) groups is 1. The first-order chi connectivity index (χ1) is 15.7. The Morgan fingerprint density at radius 1 is 1.03 bits per heavy atom. The van der Waals surface area contributed by atoms with Crippen LogP contribution in [-0.2, 0) is 29.2 Å². The monoisotopic (exact) mass is 438 g/mol. The molecule has 0 spiro atoms. The number of hydrogen-bond donors (Lipinski definition) is 2. The standard InChI is InChI=1S/C25H34N4O3/c1-3-32-25(30)29-15-13-23(14-16-29)28-24(26-2)27-17-21-11-7-8-12-22(21)19-31-18-20-9-5-4-6-10-20/h4-12,23H,3,13-19H2,1-2H3,(H2,26,27,28). The maximum absolute atomic E-state index is 11.9. The van der Waals surface area contributed by atoms with E-state index >= 15 is 0 Å². The number of amides is 1. The predicted octanol–water partition coefficient (Wildman–Crippen LogP) is 3.69. The summed E-state index contributed by atoms with van der Waals surface area (Å²) in [5.74, 6) is 0.764. The van der Waals surface area contributed by atoms with Gasteiger partial charge in [0.25, 0.3) is 0 Å². The van der Waals surface area contributed by atoms with Crippen LogP contribution in [0.25, 0.3) is 0 Å². The summed E-state index contributed by atoms with van der Waals surface area (Å²) in [6.07, 6.45) is 1.51. The Kier molecular flexibility index (Phi) is 9.37. The predicted molar refractivity (Wildman–Crippen MR) is 126 cm³/mol. The summed E-state index contributed by atoms with van der Waals surface area (Å²) in [4.78, 5) is 18.0. The topological polar surface area (TPSA) is 75.2 Å². The van der Waals surface area contributed by atoms with Crippen LogP contribution in [0.4, 0.5) is 4.79 Å². The number of carbonyl (C=O) groups is 1. The first kappa shape index (κ1) is 23.6. The molecule has 1 fully saturated rings. The maximum atomic E-state index is 11.9. The minimum Gasteiger partial charge on any atom is -0.450 e. The molecule has 0 atom stereocenters. The molecule has 1 saturated heterocycles. The van der Waals surface area contributed by atoms with Crippen LogP contribution in [0.2, 0.25) is 0 Å². The van der Waals surface area contributed by atoms with Crippen molar-refractivity contribution in [2.75, 3.05) is 26.7 Å². The average molecular weight is 439 g/mol. The van der Waals surface area contributed by atoms with E-state index in [2.05, 4.69) is 39.9 Å². The summed E-state index contributed by atoms with van der Waals surface area (Å²) in [5, 5.41) is 6.89. The Morgan fingerprint density at radius 2 is 1.72 bits per heavy atom. The van der Waals surface area contributed by atoms with Crippen molar-refractivity contribution in [3.05, 3.63) is 71.3 Å². The molecule has 2 N–H and O–H groups in total. The smallest absolute Gasteiger partial charge is 0.409 e. The first-order valence-electron chi connectivity index (χ1n) is 11.3. The van der Waals surface area contributed by atoms with Crippen LogP contribution in [0, 0.1) is 0 Å². The highest BCUT2D eigenvalue weighted by Crippen LogP contribution is 2.13. The van der Waals surface area contributed by atoms with E-state index in [-0.39, 0.29) is 12.1 Å². The van der Waals surface area contributed by atoms with Gasteiger partial charge in [0.15, 0.2) is 5.96 Å². The second-order valence-electron chi connectivity index (χ2n) is 7.78. The lowest BCUT2D eigenvalue weighted by Gasteiger charge is -2.32. The number of hydrogen-bond acceptors (Lipinski definition) is 4. The van der Waals surface area contributed by atoms with Crippen LogP contribution in [0.15, 0.2) is 59.6 Å². The molecule has 0 aliphatic carbocycles. The van der Waals surface area contributed by atoms with Gasteiger partial charge in [-0.3, -0.25) is 4.99 Å². The summed E-state index contributed by atoms with van der Waals surface area (Å²) >= 11 is 0. The number of ether oxygens (including phenoxy) is 2. The zero-order valence-corrected chi connectivity index (χ0v) is 19.0. The third-order valence-corrected chi connectivity index (χ3v) is 5.52. The first-order valence-corrected chi connectivity index (χ1v) is 11.3. The van der Waals surface area contributed by atoms with Gasteiger partial charge in [0.2, 0.25) is 0 Å². The van der Waals surface area contributed by atoms with Crippen molar-refractivity contribution in [2.45, 2.75) is 45.6 Å². The Hall–Kier alpha value is -3.06. The van der Waals surface area contributed by atoms with Crippen LogP contribution < -0.4 is 10.6 Å². The van der Waals surface area contributed by atoms with E-state index in [1.54, 1.807) is 11.9 Å². The van der Waals surface area contributed by atoms with Crippen LogP contribution in [-0.4, -0.2) is 49.7 Å². The van der Waals surface area contributed by atoms with Gasteiger partial charge >= 0.3 is 6.09 Å². The normalized spacial score (nSPS) is 14.8. The average Bonchev–Trinajstić information content (AvgIpc) is 2.83. The molecule has 3 rings (SSSR count). The van der Waals surface area contributed by atoms with Gasteiger partial charge in [-0.1, -0.05) is 54.6 Å². The van der Waals surface area contributed by atoms with Crippen molar-refractivity contribution in [1.82, 2.24) is 15.5 Å². The fourth-order valence-electron chi connectivity index (χ4n) is 3.71. The maximum Gasteiger partial charge on any atom is 0.409 e. The largest absolute Gasteiger partial charge is 0.450 e. The van der Waals surface area contributed by atoms with Gasteiger partial charge in [0.1, 0.15) is 0 Å². The molecule has 7 heteroatoms. The van der Waals surface area contributed by atoms with E-state index < -0.39 is 0 Å². The van der Waals surface area contributed by atoms with Gasteiger partial charge in [-0.25, -0.2) is 4.79 Å². The number of nitrogens with zero attached hydrogens (tertiary/aromatic N) is 2. The van der Waals surface area contributed by atoms with Gasteiger partial charge in [-0.15, -0.1) is 0 Å². The van der Waals surface area contributed by atoms with Crippen LogP contribution in [0.5, 0.6) is 0 Å². The summed E-state index contributed by atoms with van der Waals surface area (Å²) in [6, 6.07) is 18.8. The molecule has 1 aliphatic heterocycles. The second-order valence-corrected chi connectivity index (χ2v) is 7.78. The summed E-state index contributed by atoms with van der Waals surface area (Å²) in [5.41, 5.74) is 3.51. The van der Waals surface area contributed by atoms with E-state index in [0.717, 1.165) is 24.4 Å². The summed E-state index contributed by atoms with van der Waals surface area (Å²) < 4.78 is 11.0. The fraction of sp³-hybridized carbons (Fsp3) is 0.440. The number of piperidine rings is 1. The Bertz CT molecular complexity index is 865. The van der Waals surface area contributed by atoms with Gasteiger partial charge in [0.05, 0.1) is 19.8 Å². The number of benzene rings is 2. The van der Waals surface area contributed by atoms with Gasteiger partial charge in [-0.2, -0.15) is 0 Å². The lowest BCUT2D eigenvalue weighted by atomic mass is 10.1. The molecular formula is C25H34N4O3. The molecular weight excluding hydrogens is 404 g/mol. The lowest BCUT2D eigenvalue weighted by molar-refractivity contribution is 0.0963. The molecule has 1 heterocycles. The molecule has 32 heavy (non-hydrogen) atoms. The third kappa shape index (κ3) is 7.27. The highest BCUT2D eigenvalue weighted by Gasteiger charge is 2.24. The number of carbonyl (C=O) groups excluding carboxylic acids is 1. The van der Waals surface area contributed by atoms with E-state index in [1.165, 1.54) is 11.1 Å². The molecule has 0 radical (unpaired) electrons. The number of likely N-dealkylation sites (tertiary alicyclic amines) is 1. The van der Waals surface area contributed by atoms with Gasteiger partial charge in [-0.05, 0) is 36.5 Å². The van der Waals surface area contributed by atoms with Crippen LogP contribution in [0.3, 0.4) is 0 Å². The second kappa shape index (κ2) is 12.7. The SMILES string of the molecule is CCOC(=O)N1CCC(NC(=NC)NCc2ccccc2COCc2ccccc2)CC1. The molecule has 0 bridgehead atoms. The molecule has 0 saturated carbocycles. The molecule has 2 aromatic carbocycles. The number of rotatable bonds is 8. The Labute approximate surface area is 190 Å². The van der Waals surface area contributed by atoms with E-state index in [4.69, 9.17) is 9.47 Å². The van der Waals surface area contributed by atoms with Crippen molar-refractivity contribution >= 4 is 12.1 Å².